The molecule has 0 aliphatic carbocycles. The summed E-state index contributed by atoms with van der Waals surface area (Å²) in [7, 11) is 0. The molecule has 0 N–H and O–H groups in total. The third-order valence-corrected chi connectivity index (χ3v) is 3.13. The van der Waals surface area contributed by atoms with Crippen molar-refractivity contribution in [2.24, 2.45) is 0 Å². The molecule has 0 amide bonds. The maximum atomic E-state index is 12.7. The molecule has 1 aliphatic rings. The zero-order chi connectivity index (χ0) is 12.5. The Morgan fingerprint density at radius 2 is 2.22 bits per heavy atom. The summed E-state index contributed by atoms with van der Waals surface area (Å²) in [4.78, 5) is 16.0. The van der Waals surface area contributed by atoms with Gasteiger partial charge in [-0.25, -0.2) is 13.9 Å². The van der Waals surface area contributed by atoms with E-state index >= 15 is 0 Å². The Morgan fingerprint density at radius 1 is 1.33 bits per heavy atom. The van der Waals surface area contributed by atoms with Gasteiger partial charge in [-0.05, 0) is 25.0 Å². The molecule has 0 unspecified atom stereocenters. The van der Waals surface area contributed by atoms with Gasteiger partial charge in [-0.15, -0.1) is 0 Å². The minimum absolute atomic E-state index is 0.101. The van der Waals surface area contributed by atoms with Gasteiger partial charge in [-0.2, -0.15) is 5.10 Å². The molecule has 1 aliphatic heterocycles. The maximum absolute atomic E-state index is 12.7. The molecular weight excluding hydrogens is 235 g/mol. The highest BCUT2D eigenvalue weighted by atomic mass is 19.1. The average Bonchev–Trinajstić information content (AvgIpc) is 2.70. The topological polar surface area (TPSA) is 52.7 Å². The van der Waals surface area contributed by atoms with Crippen LogP contribution in [0.2, 0.25) is 0 Å². The van der Waals surface area contributed by atoms with Crippen LogP contribution in [0, 0.1) is 5.82 Å². The van der Waals surface area contributed by atoms with Gasteiger partial charge in [0.1, 0.15) is 11.6 Å². The molecule has 3 heterocycles. The van der Waals surface area contributed by atoms with Crippen LogP contribution in [0.4, 0.5) is 4.39 Å². The average molecular weight is 248 g/mol. The second-order valence-corrected chi connectivity index (χ2v) is 4.43. The Balaban J connectivity index is 1.91. The minimum Gasteiger partial charge on any atom is -0.279 e. The number of rotatable bonds is 2. The van der Waals surface area contributed by atoms with Crippen LogP contribution in [0.15, 0.2) is 23.1 Å². The summed E-state index contributed by atoms with van der Waals surface area (Å²) in [6.45, 7) is 1.03. The lowest BCUT2D eigenvalue weighted by atomic mass is 10.2. The highest BCUT2D eigenvalue weighted by Gasteiger charge is 2.16. The number of nitrogens with zero attached hydrogens (tertiary/aromatic N) is 4. The van der Waals surface area contributed by atoms with Gasteiger partial charge < -0.3 is 0 Å². The van der Waals surface area contributed by atoms with E-state index in [1.807, 2.05) is 0 Å². The lowest BCUT2D eigenvalue weighted by molar-refractivity contribution is 0.511. The molecule has 0 spiro atoms. The van der Waals surface area contributed by atoms with Crippen molar-refractivity contribution in [2.75, 3.05) is 0 Å². The fraction of sp³-hybridized carbons (Fsp3) is 0.417. The first-order chi connectivity index (χ1) is 8.74. The van der Waals surface area contributed by atoms with Crippen molar-refractivity contribution in [2.45, 2.75) is 32.4 Å². The number of pyridine rings is 1. The van der Waals surface area contributed by atoms with E-state index < -0.39 is 0 Å². The molecule has 0 fully saturated rings. The molecule has 2 aromatic rings. The van der Waals surface area contributed by atoms with Crippen LogP contribution in [0.25, 0.3) is 0 Å². The van der Waals surface area contributed by atoms with Crippen LogP contribution in [0.1, 0.15) is 24.4 Å². The van der Waals surface area contributed by atoms with Gasteiger partial charge in [0.15, 0.2) is 0 Å². The van der Waals surface area contributed by atoms with Gasteiger partial charge in [0.2, 0.25) is 0 Å². The van der Waals surface area contributed by atoms with Gasteiger partial charge in [-0.1, -0.05) is 0 Å². The summed E-state index contributed by atoms with van der Waals surface area (Å²) in [5, 5.41) is 4.30. The number of hydrogen-bond acceptors (Lipinski definition) is 3. The first-order valence-corrected chi connectivity index (χ1v) is 6.01. The van der Waals surface area contributed by atoms with Gasteiger partial charge in [0, 0.05) is 13.0 Å². The fourth-order valence-electron chi connectivity index (χ4n) is 2.20. The summed E-state index contributed by atoms with van der Waals surface area (Å²) < 4.78 is 15.9. The molecule has 5 nitrogen and oxygen atoms in total. The molecule has 0 saturated heterocycles. The van der Waals surface area contributed by atoms with Crippen LogP contribution in [0.5, 0.6) is 0 Å². The van der Waals surface area contributed by atoms with Crippen LogP contribution in [0.3, 0.4) is 0 Å². The van der Waals surface area contributed by atoms with Crippen molar-refractivity contribution in [1.82, 2.24) is 19.3 Å². The van der Waals surface area contributed by atoms with E-state index in [2.05, 4.69) is 10.1 Å². The van der Waals surface area contributed by atoms with Crippen LogP contribution in [-0.2, 0) is 19.5 Å². The van der Waals surface area contributed by atoms with Crippen LogP contribution >= 0.6 is 0 Å². The minimum atomic E-state index is -0.379. The predicted octanol–water partition coefficient (Wildman–Crippen LogP) is 0.964. The number of halogens is 1. The van der Waals surface area contributed by atoms with Crippen molar-refractivity contribution >= 4 is 0 Å². The lowest BCUT2D eigenvalue weighted by Gasteiger charge is -2.09. The van der Waals surface area contributed by atoms with Gasteiger partial charge in [0.25, 0.3) is 0 Å². The second-order valence-electron chi connectivity index (χ2n) is 4.43. The number of fused-ring (bicyclic) bond motifs is 1. The quantitative estimate of drug-likeness (QED) is 0.795. The fourth-order valence-corrected chi connectivity index (χ4v) is 2.20. The first-order valence-electron chi connectivity index (χ1n) is 6.01. The summed E-state index contributed by atoms with van der Waals surface area (Å²) in [6, 6.07) is 2.91. The maximum Gasteiger partial charge on any atom is 0.346 e. The summed E-state index contributed by atoms with van der Waals surface area (Å²) >= 11 is 0. The van der Waals surface area contributed by atoms with Crippen LogP contribution in [-0.4, -0.2) is 19.3 Å². The SMILES string of the molecule is O=c1n(Cc2ccc(F)cn2)nc2n1CCCC2. The zero-order valence-electron chi connectivity index (χ0n) is 9.84. The molecule has 94 valence electrons. The molecule has 0 bridgehead atoms. The van der Waals surface area contributed by atoms with E-state index in [9.17, 15) is 9.18 Å². The third kappa shape index (κ3) is 1.94. The molecular formula is C12H13FN4O. The molecule has 0 atom stereocenters. The largest absolute Gasteiger partial charge is 0.346 e. The van der Waals surface area contributed by atoms with Gasteiger partial charge >= 0.3 is 5.69 Å². The Hall–Kier alpha value is -1.98. The summed E-state index contributed by atoms with van der Waals surface area (Å²) in [5.74, 6) is 0.462. The van der Waals surface area contributed by atoms with Crippen molar-refractivity contribution in [3.05, 3.63) is 46.1 Å². The summed E-state index contributed by atoms with van der Waals surface area (Å²) in [6.07, 6.45) is 4.09. The van der Waals surface area contributed by atoms with Crippen molar-refractivity contribution in [3.63, 3.8) is 0 Å². The Bertz CT molecular complexity index is 614. The molecule has 0 saturated carbocycles. The Labute approximate surface area is 103 Å². The smallest absolute Gasteiger partial charge is 0.279 e. The highest BCUT2D eigenvalue weighted by molar-refractivity contribution is 5.05. The lowest BCUT2D eigenvalue weighted by Crippen LogP contribution is -2.27. The summed E-state index contributed by atoms with van der Waals surface area (Å²) in [5.41, 5.74) is 0.532. The number of aromatic nitrogens is 4. The van der Waals surface area contributed by atoms with E-state index in [4.69, 9.17) is 0 Å². The third-order valence-electron chi connectivity index (χ3n) is 3.13. The Morgan fingerprint density at radius 3 is 2.94 bits per heavy atom. The number of aryl methyl sites for hydroxylation is 1. The zero-order valence-corrected chi connectivity index (χ0v) is 9.84. The predicted molar refractivity (Wildman–Crippen MR) is 62.7 cm³/mol. The van der Waals surface area contributed by atoms with Gasteiger partial charge in [-0.3, -0.25) is 9.55 Å². The highest BCUT2D eigenvalue weighted by Crippen LogP contribution is 2.09. The monoisotopic (exact) mass is 248 g/mol. The molecule has 0 aromatic carbocycles. The van der Waals surface area contributed by atoms with Crippen molar-refractivity contribution < 1.29 is 4.39 Å². The van der Waals surface area contributed by atoms with E-state index in [0.29, 0.717) is 12.2 Å². The van der Waals surface area contributed by atoms with E-state index in [0.717, 1.165) is 37.8 Å². The first kappa shape index (κ1) is 11.1. The molecule has 0 radical (unpaired) electrons. The van der Waals surface area contributed by atoms with Crippen LogP contribution < -0.4 is 5.69 Å². The van der Waals surface area contributed by atoms with Crippen molar-refractivity contribution in [3.8, 4) is 0 Å². The van der Waals surface area contributed by atoms with E-state index in [-0.39, 0.29) is 11.5 Å². The Kier molecular flexibility index (Phi) is 2.70. The molecule has 18 heavy (non-hydrogen) atoms. The standard InChI is InChI=1S/C12H13FN4O/c13-9-4-5-10(14-7-9)8-17-12(18)16-6-2-1-3-11(16)15-17/h4-5,7H,1-3,6,8H2. The van der Waals surface area contributed by atoms with Gasteiger partial charge in [0.05, 0.1) is 18.4 Å². The normalized spacial score (nSPS) is 14.5. The second kappa shape index (κ2) is 4.36. The number of hydrogen-bond donors (Lipinski definition) is 0. The molecule has 3 rings (SSSR count). The van der Waals surface area contributed by atoms with E-state index in [1.54, 1.807) is 10.6 Å². The van der Waals surface area contributed by atoms with E-state index in [1.165, 1.54) is 10.7 Å². The molecule has 2 aromatic heterocycles. The van der Waals surface area contributed by atoms with Crippen molar-refractivity contribution in [1.29, 1.82) is 0 Å². The molecule has 6 heteroatoms.